The van der Waals surface area contributed by atoms with Crippen LogP contribution in [0.4, 0.5) is 0 Å². The van der Waals surface area contributed by atoms with E-state index in [1.807, 2.05) is 6.92 Å². The van der Waals surface area contributed by atoms with E-state index in [9.17, 15) is 4.79 Å². The zero-order valence-electron chi connectivity index (χ0n) is 8.57. The van der Waals surface area contributed by atoms with Gasteiger partial charge in [0.15, 0.2) is 0 Å². The van der Waals surface area contributed by atoms with E-state index < -0.39 is 5.97 Å². The summed E-state index contributed by atoms with van der Waals surface area (Å²) in [6, 6.07) is 2.12. The molecule has 0 radical (unpaired) electrons. The van der Waals surface area contributed by atoms with Crippen molar-refractivity contribution in [1.82, 2.24) is 0 Å². The highest BCUT2D eigenvalue weighted by molar-refractivity contribution is 5.70. The van der Waals surface area contributed by atoms with Crippen LogP contribution in [0, 0.1) is 29.1 Å². The van der Waals surface area contributed by atoms with Gasteiger partial charge in [0.05, 0.1) is 12.0 Å². The minimum atomic E-state index is -0.656. The van der Waals surface area contributed by atoms with Gasteiger partial charge in [0, 0.05) is 6.42 Å². The summed E-state index contributed by atoms with van der Waals surface area (Å²) in [6.45, 7) is 2.05. The lowest BCUT2D eigenvalue weighted by Gasteiger charge is -2.11. The molecule has 0 aromatic rings. The van der Waals surface area contributed by atoms with Crippen LogP contribution in [0.3, 0.4) is 0 Å². The summed E-state index contributed by atoms with van der Waals surface area (Å²) >= 11 is 0. The molecule has 1 aliphatic rings. The van der Waals surface area contributed by atoms with Crippen molar-refractivity contribution in [2.75, 3.05) is 0 Å². The molecule has 3 nitrogen and oxygen atoms in total. The number of nitriles is 1. The second kappa shape index (κ2) is 4.99. The van der Waals surface area contributed by atoms with Gasteiger partial charge in [0.25, 0.3) is 0 Å². The molecule has 0 aromatic carbocycles. The van der Waals surface area contributed by atoms with Crippen LogP contribution >= 0.6 is 0 Å². The third kappa shape index (κ3) is 2.47. The molecule has 3 atom stereocenters. The molecule has 1 N–H and O–H groups in total. The van der Waals surface area contributed by atoms with Crippen molar-refractivity contribution in [2.24, 2.45) is 17.8 Å². The average molecular weight is 195 g/mol. The minimum Gasteiger partial charge on any atom is -0.481 e. The maximum Gasteiger partial charge on any atom is 0.306 e. The number of hydrogen-bond donors (Lipinski definition) is 1. The van der Waals surface area contributed by atoms with E-state index in [4.69, 9.17) is 10.4 Å². The lowest BCUT2D eigenvalue weighted by Crippen LogP contribution is -2.17. The third-order valence-electron chi connectivity index (χ3n) is 3.30. The van der Waals surface area contributed by atoms with Crippen LogP contribution in [0.2, 0.25) is 0 Å². The maximum atomic E-state index is 10.9. The molecule has 78 valence electrons. The topological polar surface area (TPSA) is 61.1 Å². The standard InChI is InChI=1S/C11H17NO2/c1-2-9-6-8(4-3-5-12)7-10(9)11(13)14/h8-10H,2-4,6-7H2,1H3,(H,13,14). The van der Waals surface area contributed by atoms with Crippen LogP contribution in [-0.4, -0.2) is 11.1 Å². The van der Waals surface area contributed by atoms with Crippen LogP contribution in [0.25, 0.3) is 0 Å². The van der Waals surface area contributed by atoms with E-state index in [1.54, 1.807) is 0 Å². The Morgan fingerprint density at radius 3 is 2.71 bits per heavy atom. The molecule has 1 rings (SSSR count). The molecule has 0 amide bonds. The first-order valence-corrected chi connectivity index (χ1v) is 5.28. The highest BCUT2D eigenvalue weighted by Gasteiger charge is 2.37. The number of carboxylic acids is 1. The summed E-state index contributed by atoms with van der Waals surface area (Å²) in [7, 11) is 0. The summed E-state index contributed by atoms with van der Waals surface area (Å²) in [4.78, 5) is 10.9. The number of carbonyl (C=O) groups is 1. The van der Waals surface area contributed by atoms with Crippen LogP contribution in [0.15, 0.2) is 0 Å². The summed E-state index contributed by atoms with van der Waals surface area (Å²) in [5.74, 6) is -0.0307. The van der Waals surface area contributed by atoms with Crippen LogP contribution in [0.1, 0.15) is 39.0 Å². The van der Waals surface area contributed by atoms with Crippen molar-refractivity contribution in [3.63, 3.8) is 0 Å². The van der Waals surface area contributed by atoms with Crippen molar-refractivity contribution in [2.45, 2.75) is 39.0 Å². The first kappa shape index (κ1) is 11.0. The zero-order valence-corrected chi connectivity index (χ0v) is 8.57. The third-order valence-corrected chi connectivity index (χ3v) is 3.30. The molecule has 0 bridgehead atoms. The van der Waals surface area contributed by atoms with Gasteiger partial charge in [-0.25, -0.2) is 0 Å². The van der Waals surface area contributed by atoms with Crippen molar-refractivity contribution >= 4 is 5.97 Å². The predicted octanol–water partition coefficient (Wildman–Crippen LogP) is 2.43. The lowest BCUT2D eigenvalue weighted by molar-refractivity contribution is -0.143. The summed E-state index contributed by atoms with van der Waals surface area (Å²) < 4.78 is 0. The quantitative estimate of drug-likeness (QED) is 0.749. The van der Waals surface area contributed by atoms with E-state index >= 15 is 0 Å². The zero-order chi connectivity index (χ0) is 10.6. The van der Waals surface area contributed by atoms with E-state index in [0.29, 0.717) is 18.3 Å². The Morgan fingerprint density at radius 1 is 1.57 bits per heavy atom. The predicted molar refractivity (Wildman–Crippen MR) is 52.5 cm³/mol. The SMILES string of the molecule is CCC1CC(CCC#N)CC1C(=O)O. The van der Waals surface area contributed by atoms with Crippen LogP contribution in [0.5, 0.6) is 0 Å². The number of nitrogens with zero attached hydrogens (tertiary/aromatic N) is 1. The van der Waals surface area contributed by atoms with Gasteiger partial charge >= 0.3 is 5.97 Å². The van der Waals surface area contributed by atoms with Gasteiger partial charge < -0.3 is 5.11 Å². The Morgan fingerprint density at radius 2 is 2.29 bits per heavy atom. The summed E-state index contributed by atoms with van der Waals surface area (Å²) in [5, 5.41) is 17.5. The first-order valence-electron chi connectivity index (χ1n) is 5.28. The van der Waals surface area contributed by atoms with Gasteiger partial charge in [-0.1, -0.05) is 13.3 Å². The van der Waals surface area contributed by atoms with Gasteiger partial charge in [0.2, 0.25) is 0 Å². The summed E-state index contributed by atoms with van der Waals surface area (Å²) in [6.07, 6.45) is 4.15. The normalized spacial score (nSPS) is 31.3. The number of carboxylic acid groups (broad SMARTS) is 1. The van der Waals surface area contributed by atoms with Crippen LogP contribution in [-0.2, 0) is 4.79 Å². The van der Waals surface area contributed by atoms with Crippen LogP contribution < -0.4 is 0 Å². The molecule has 3 heteroatoms. The van der Waals surface area contributed by atoms with Crippen molar-refractivity contribution in [3.8, 4) is 6.07 Å². The Kier molecular flexibility index (Phi) is 3.94. The van der Waals surface area contributed by atoms with Gasteiger partial charge in [-0.15, -0.1) is 0 Å². The molecule has 14 heavy (non-hydrogen) atoms. The van der Waals surface area contributed by atoms with Gasteiger partial charge in [0.1, 0.15) is 0 Å². The largest absolute Gasteiger partial charge is 0.481 e. The second-order valence-electron chi connectivity index (χ2n) is 4.15. The molecule has 1 aliphatic carbocycles. The Labute approximate surface area is 84.7 Å². The van der Waals surface area contributed by atoms with Gasteiger partial charge in [-0.3, -0.25) is 4.79 Å². The Hall–Kier alpha value is -1.04. The smallest absolute Gasteiger partial charge is 0.306 e. The number of hydrogen-bond acceptors (Lipinski definition) is 2. The molecule has 0 heterocycles. The molecule has 0 aliphatic heterocycles. The molecule has 0 aromatic heterocycles. The highest BCUT2D eigenvalue weighted by Crippen LogP contribution is 2.40. The number of rotatable bonds is 4. The fraction of sp³-hybridized carbons (Fsp3) is 0.818. The van der Waals surface area contributed by atoms with Crippen molar-refractivity contribution in [1.29, 1.82) is 5.26 Å². The van der Waals surface area contributed by atoms with E-state index in [0.717, 1.165) is 25.7 Å². The maximum absolute atomic E-state index is 10.9. The van der Waals surface area contributed by atoms with Crippen molar-refractivity contribution < 1.29 is 9.90 Å². The molecule has 0 saturated heterocycles. The van der Waals surface area contributed by atoms with E-state index in [-0.39, 0.29) is 5.92 Å². The Bertz CT molecular complexity index is 244. The first-order chi connectivity index (χ1) is 6.69. The van der Waals surface area contributed by atoms with Crippen molar-refractivity contribution in [3.05, 3.63) is 0 Å². The molecule has 1 fully saturated rings. The average Bonchev–Trinajstić information content (AvgIpc) is 2.57. The fourth-order valence-corrected chi connectivity index (χ4v) is 2.50. The van der Waals surface area contributed by atoms with Gasteiger partial charge in [-0.05, 0) is 31.1 Å². The van der Waals surface area contributed by atoms with E-state index in [2.05, 4.69) is 6.07 Å². The molecule has 0 spiro atoms. The monoisotopic (exact) mass is 195 g/mol. The second-order valence-corrected chi connectivity index (χ2v) is 4.15. The molecule has 3 unspecified atom stereocenters. The minimum absolute atomic E-state index is 0.163. The molecular formula is C11H17NO2. The Balaban J connectivity index is 2.48. The lowest BCUT2D eigenvalue weighted by atomic mass is 9.94. The summed E-state index contributed by atoms with van der Waals surface area (Å²) in [5.41, 5.74) is 0. The van der Waals surface area contributed by atoms with Gasteiger partial charge in [-0.2, -0.15) is 5.26 Å². The highest BCUT2D eigenvalue weighted by atomic mass is 16.4. The van der Waals surface area contributed by atoms with E-state index in [1.165, 1.54) is 0 Å². The molecule has 1 saturated carbocycles. The fourth-order valence-electron chi connectivity index (χ4n) is 2.50. The molecular weight excluding hydrogens is 178 g/mol. The number of aliphatic carboxylic acids is 1.